The molecule has 1 aliphatic rings. The Morgan fingerprint density at radius 2 is 2.35 bits per heavy atom. The first kappa shape index (κ1) is 15.3. The summed E-state index contributed by atoms with van der Waals surface area (Å²) >= 11 is 1.84. The second-order valence-electron chi connectivity index (χ2n) is 4.95. The molecule has 0 radical (unpaired) electrons. The van der Waals surface area contributed by atoms with Gasteiger partial charge in [0.25, 0.3) is 5.91 Å². The Bertz CT molecular complexity index is 475. The van der Waals surface area contributed by atoms with Crippen LogP contribution < -0.4 is 0 Å². The number of carbonyl (C=O) groups is 1. The summed E-state index contributed by atoms with van der Waals surface area (Å²) in [6, 6.07) is 5.15. The standard InChI is InChI=1S/C15H20FNO2S/c1-11-4-3-5-13(14(11)16)15(18)17(7-8-19-2)12-6-9-20-10-12/h3-5,12H,6-10H2,1-2H3. The maximum atomic E-state index is 14.1. The number of hydrogen-bond acceptors (Lipinski definition) is 3. The molecular weight excluding hydrogens is 277 g/mol. The van der Waals surface area contributed by atoms with Crippen molar-refractivity contribution in [1.29, 1.82) is 0 Å². The van der Waals surface area contributed by atoms with Gasteiger partial charge in [-0.05, 0) is 30.7 Å². The number of rotatable bonds is 5. The average Bonchev–Trinajstić information content (AvgIpc) is 2.96. The monoisotopic (exact) mass is 297 g/mol. The summed E-state index contributed by atoms with van der Waals surface area (Å²) in [5.41, 5.74) is 0.668. The van der Waals surface area contributed by atoms with Crippen LogP contribution in [0.5, 0.6) is 0 Å². The van der Waals surface area contributed by atoms with E-state index < -0.39 is 5.82 Å². The molecule has 0 spiro atoms. The highest BCUT2D eigenvalue weighted by molar-refractivity contribution is 7.99. The number of amides is 1. The van der Waals surface area contributed by atoms with Gasteiger partial charge in [0.2, 0.25) is 0 Å². The van der Waals surface area contributed by atoms with E-state index in [9.17, 15) is 9.18 Å². The molecule has 1 heterocycles. The minimum Gasteiger partial charge on any atom is -0.383 e. The van der Waals surface area contributed by atoms with Crippen LogP contribution in [0.15, 0.2) is 18.2 Å². The number of methoxy groups -OCH3 is 1. The van der Waals surface area contributed by atoms with E-state index >= 15 is 0 Å². The third-order valence-electron chi connectivity index (χ3n) is 3.57. The van der Waals surface area contributed by atoms with Gasteiger partial charge in [0.1, 0.15) is 5.82 Å². The van der Waals surface area contributed by atoms with Crippen molar-refractivity contribution in [3.8, 4) is 0 Å². The van der Waals surface area contributed by atoms with Gasteiger partial charge in [0, 0.05) is 25.4 Å². The molecule has 1 atom stereocenters. The van der Waals surface area contributed by atoms with E-state index in [0.717, 1.165) is 17.9 Å². The number of ether oxygens (including phenoxy) is 1. The summed E-state index contributed by atoms with van der Waals surface area (Å²) in [5, 5.41) is 0. The lowest BCUT2D eigenvalue weighted by atomic mass is 10.1. The van der Waals surface area contributed by atoms with Crippen molar-refractivity contribution in [1.82, 2.24) is 4.90 Å². The van der Waals surface area contributed by atoms with E-state index in [1.54, 1.807) is 37.1 Å². The normalized spacial score (nSPS) is 18.2. The minimum atomic E-state index is -0.412. The molecule has 0 aromatic heterocycles. The number of thioether (sulfide) groups is 1. The molecule has 1 aromatic carbocycles. The van der Waals surface area contributed by atoms with Gasteiger partial charge in [-0.25, -0.2) is 4.39 Å². The van der Waals surface area contributed by atoms with Gasteiger partial charge in [-0.3, -0.25) is 4.79 Å². The number of halogens is 1. The Kier molecular flexibility index (Phi) is 5.43. The second-order valence-corrected chi connectivity index (χ2v) is 6.10. The largest absolute Gasteiger partial charge is 0.383 e. The summed E-state index contributed by atoms with van der Waals surface area (Å²) in [5.74, 6) is 1.34. The molecule has 1 fully saturated rings. The van der Waals surface area contributed by atoms with Crippen molar-refractivity contribution >= 4 is 17.7 Å². The van der Waals surface area contributed by atoms with Gasteiger partial charge in [0.05, 0.1) is 12.2 Å². The van der Waals surface area contributed by atoms with E-state index in [1.165, 1.54) is 0 Å². The summed E-state index contributed by atoms with van der Waals surface area (Å²) < 4.78 is 19.2. The summed E-state index contributed by atoms with van der Waals surface area (Å²) in [7, 11) is 1.61. The predicted molar refractivity (Wildman–Crippen MR) is 79.8 cm³/mol. The molecule has 0 bridgehead atoms. The maximum absolute atomic E-state index is 14.1. The molecule has 110 valence electrons. The summed E-state index contributed by atoms with van der Waals surface area (Å²) in [6.07, 6.45) is 0.966. The summed E-state index contributed by atoms with van der Waals surface area (Å²) in [6.45, 7) is 2.66. The zero-order chi connectivity index (χ0) is 14.5. The van der Waals surface area contributed by atoms with Gasteiger partial charge in [-0.1, -0.05) is 12.1 Å². The zero-order valence-electron chi connectivity index (χ0n) is 11.9. The van der Waals surface area contributed by atoms with E-state index in [4.69, 9.17) is 4.74 Å². The van der Waals surface area contributed by atoms with Crippen LogP contribution in [0.1, 0.15) is 22.3 Å². The molecule has 2 rings (SSSR count). The number of nitrogens with zero attached hydrogens (tertiary/aromatic N) is 1. The Balaban J connectivity index is 2.22. The van der Waals surface area contributed by atoms with Crippen molar-refractivity contribution < 1.29 is 13.9 Å². The Morgan fingerprint density at radius 3 is 3.00 bits per heavy atom. The topological polar surface area (TPSA) is 29.5 Å². The van der Waals surface area contributed by atoms with Crippen LogP contribution in [0.25, 0.3) is 0 Å². The predicted octanol–water partition coefficient (Wildman–Crippen LogP) is 2.73. The third kappa shape index (κ3) is 3.33. The highest BCUT2D eigenvalue weighted by Gasteiger charge is 2.29. The molecule has 1 aliphatic heterocycles. The van der Waals surface area contributed by atoms with Gasteiger partial charge in [-0.2, -0.15) is 11.8 Å². The molecule has 0 saturated carbocycles. The van der Waals surface area contributed by atoms with Crippen LogP contribution in [0, 0.1) is 12.7 Å². The van der Waals surface area contributed by atoms with Crippen LogP contribution >= 0.6 is 11.8 Å². The Morgan fingerprint density at radius 1 is 1.55 bits per heavy atom. The first-order chi connectivity index (χ1) is 9.65. The van der Waals surface area contributed by atoms with Crippen molar-refractivity contribution in [2.24, 2.45) is 0 Å². The quantitative estimate of drug-likeness (QED) is 0.837. The molecular formula is C15H20FNO2S. The van der Waals surface area contributed by atoms with Crippen LogP contribution in [-0.4, -0.2) is 48.6 Å². The smallest absolute Gasteiger partial charge is 0.257 e. The van der Waals surface area contributed by atoms with E-state index in [-0.39, 0.29) is 17.5 Å². The lowest BCUT2D eigenvalue weighted by Gasteiger charge is -2.28. The number of aryl methyl sites for hydroxylation is 1. The van der Waals surface area contributed by atoms with Crippen LogP contribution in [0.2, 0.25) is 0 Å². The minimum absolute atomic E-state index is 0.165. The number of hydrogen-bond donors (Lipinski definition) is 0. The van der Waals surface area contributed by atoms with Gasteiger partial charge >= 0.3 is 0 Å². The first-order valence-electron chi connectivity index (χ1n) is 6.78. The van der Waals surface area contributed by atoms with Crippen LogP contribution in [-0.2, 0) is 4.74 Å². The fraction of sp³-hybridized carbons (Fsp3) is 0.533. The molecule has 1 amide bonds. The number of benzene rings is 1. The first-order valence-corrected chi connectivity index (χ1v) is 7.93. The highest BCUT2D eigenvalue weighted by atomic mass is 32.2. The van der Waals surface area contributed by atoms with Crippen molar-refractivity contribution in [2.45, 2.75) is 19.4 Å². The molecule has 1 unspecified atom stereocenters. The van der Waals surface area contributed by atoms with Crippen molar-refractivity contribution in [3.63, 3.8) is 0 Å². The lowest BCUT2D eigenvalue weighted by molar-refractivity contribution is 0.0620. The zero-order valence-corrected chi connectivity index (χ0v) is 12.7. The van der Waals surface area contributed by atoms with Crippen LogP contribution in [0.3, 0.4) is 0 Å². The number of carbonyl (C=O) groups excluding carboxylic acids is 1. The molecule has 5 heteroatoms. The summed E-state index contributed by atoms with van der Waals surface area (Å²) in [4.78, 5) is 14.4. The van der Waals surface area contributed by atoms with E-state index in [0.29, 0.717) is 18.7 Å². The molecule has 0 aliphatic carbocycles. The second kappa shape index (κ2) is 7.09. The third-order valence-corrected chi connectivity index (χ3v) is 4.71. The molecule has 3 nitrogen and oxygen atoms in total. The SMILES string of the molecule is COCCN(C(=O)c1cccc(C)c1F)C1CCSC1. The van der Waals surface area contributed by atoms with Crippen molar-refractivity contribution in [2.75, 3.05) is 31.8 Å². The van der Waals surface area contributed by atoms with Gasteiger partial charge in [-0.15, -0.1) is 0 Å². The van der Waals surface area contributed by atoms with Crippen molar-refractivity contribution in [3.05, 3.63) is 35.1 Å². The van der Waals surface area contributed by atoms with Gasteiger partial charge in [0.15, 0.2) is 0 Å². The Hall–Kier alpha value is -1.07. The molecule has 20 heavy (non-hydrogen) atoms. The van der Waals surface area contributed by atoms with Crippen LogP contribution in [0.4, 0.5) is 4.39 Å². The van der Waals surface area contributed by atoms with E-state index in [1.807, 2.05) is 11.8 Å². The molecule has 1 saturated heterocycles. The highest BCUT2D eigenvalue weighted by Crippen LogP contribution is 2.24. The molecule has 1 aromatic rings. The maximum Gasteiger partial charge on any atom is 0.257 e. The Labute approximate surface area is 123 Å². The van der Waals surface area contributed by atoms with E-state index in [2.05, 4.69) is 0 Å². The average molecular weight is 297 g/mol. The fourth-order valence-electron chi connectivity index (χ4n) is 2.37. The van der Waals surface area contributed by atoms with Gasteiger partial charge < -0.3 is 9.64 Å². The fourth-order valence-corrected chi connectivity index (χ4v) is 3.60. The molecule has 0 N–H and O–H groups in total. The lowest BCUT2D eigenvalue weighted by Crippen LogP contribution is -2.42.